The van der Waals surface area contributed by atoms with Crippen LogP contribution in [0.1, 0.15) is 35.0 Å². The summed E-state index contributed by atoms with van der Waals surface area (Å²) >= 11 is 1.76. The first kappa shape index (κ1) is 19.6. The summed E-state index contributed by atoms with van der Waals surface area (Å²) in [5, 5.41) is 4.18. The molecule has 29 heavy (non-hydrogen) atoms. The zero-order valence-electron chi connectivity index (χ0n) is 16.9. The predicted molar refractivity (Wildman–Crippen MR) is 119 cm³/mol. The van der Waals surface area contributed by atoms with Gasteiger partial charge in [0.1, 0.15) is 11.4 Å². The Morgan fingerprint density at radius 1 is 1.24 bits per heavy atom. The minimum Gasteiger partial charge on any atom is -0.464 e. The Morgan fingerprint density at radius 2 is 2.07 bits per heavy atom. The molecule has 0 radical (unpaired) electrons. The maximum Gasteiger partial charge on any atom is 0.225 e. The van der Waals surface area contributed by atoms with Crippen LogP contribution >= 0.6 is 11.8 Å². The van der Waals surface area contributed by atoms with E-state index in [1.54, 1.807) is 18.0 Å². The first-order valence-corrected chi connectivity index (χ1v) is 11.2. The molecule has 0 bridgehead atoms. The SMILES string of the molecule is CSCCC(NC(=O)Cc1coc2c(C)c(C)ccc12)c1nc2ccccc2[nH]1. The number of carbonyl (C=O) groups is 1. The molecule has 1 atom stereocenters. The molecular formula is C23H25N3O2S. The molecule has 0 saturated heterocycles. The van der Waals surface area contributed by atoms with E-state index in [0.717, 1.165) is 51.1 Å². The minimum absolute atomic E-state index is 0.0301. The molecular weight excluding hydrogens is 382 g/mol. The lowest BCUT2D eigenvalue weighted by atomic mass is 10.0. The summed E-state index contributed by atoms with van der Waals surface area (Å²) in [7, 11) is 0. The van der Waals surface area contributed by atoms with E-state index in [-0.39, 0.29) is 18.4 Å². The maximum absolute atomic E-state index is 12.9. The standard InChI is InChI=1S/C23H25N3O2S/c1-14-8-9-17-16(13-28-22(17)15(14)2)12-21(27)24-20(10-11-29-3)23-25-18-6-4-5-7-19(18)26-23/h4-9,13,20H,10-12H2,1-3H3,(H,24,27)(H,25,26). The summed E-state index contributed by atoms with van der Waals surface area (Å²) in [6.45, 7) is 4.11. The molecule has 6 heteroatoms. The van der Waals surface area contributed by atoms with Crippen molar-refractivity contribution in [1.29, 1.82) is 0 Å². The zero-order chi connectivity index (χ0) is 20.4. The Bertz CT molecular complexity index is 1130. The van der Waals surface area contributed by atoms with Crippen molar-refractivity contribution < 1.29 is 9.21 Å². The van der Waals surface area contributed by atoms with E-state index in [1.807, 2.05) is 37.3 Å². The lowest BCUT2D eigenvalue weighted by molar-refractivity contribution is -0.121. The van der Waals surface area contributed by atoms with Gasteiger partial charge in [0.15, 0.2) is 0 Å². The Morgan fingerprint density at radius 3 is 2.86 bits per heavy atom. The lowest BCUT2D eigenvalue weighted by Gasteiger charge is -2.16. The number of fused-ring (bicyclic) bond motifs is 2. The van der Waals surface area contributed by atoms with Gasteiger partial charge in [0.05, 0.1) is 29.8 Å². The molecule has 2 N–H and O–H groups in total. The third kappa shape index (κ3) is 4.03. The third-order valence-electron chi connectivity index (χ3n) is 5.38. The summed E-state index contributed by atoms with van der Waals surface area (Å²) in [4.78, 5) is 20.9. The van der Waals surface area contributed by atoms with E-state index in [4.69, 9.17) is 4.42 Å². The molecule has 1 amide bonds. The van der Waals surface area contributed by atoms with Crippen LogP contribution in [0.25, 0.3) is 22.0 Å². The third-order valence-corrected chi connectivity index (χ3v) is 6.02. The van der Waals surface area contributed by atoms with Crippen molar-refractivity contribution in [2.45, 2.75) is 32.7 Å². The van der Waals surface area contributed by atoms with E-state index in [2.05, 4.69) is 34.5 Å². The van der Waals surface area contributed by atoms with Gasteiger partial charge in [0.25, 0.3) is 0 Å². The first-order valence-electron chi connectivity index (χ1n) is 9.76. The van der Waals surface area contributed by atoms with Crippen molar-refractivity contribution in [2.24, 2.45) is 0 Å². The van der Waals surface area contributed by atoms with Gasteiger partial charge < -0.3 is 14.7 Å². The quantitative estimate of drug-likeness (QED) is 0.448. The zero-order valence-corrected chi connectivity index (χ0v) is 17.7. The van der Waals surface area contributed by atoms with Gasteiger partial charge in [-0.2, -0.15) is 11.8 Å². The molecule has 2 aromatic heterocycles. The van der Waals surface area contributed by atoms with Gasteiger partial charge in [0, 0.05) is 10.9 Å². The highest BCUT2D eigenvalue weighted by Gasteiger charge is 2.20. The van der Waals surface area contributed by atoms with E-state index in [9.17, 15) is 4.79 Å². The minimum atomic E-state index is -0.149. The Hall–Kier alpha value is -2.73. The highest BCUT2D eigenvalue weighted by atomic mass is 32.2. The number of nitrogens with zero attached hydrogens (tertiary/aromatic N) is 1. The molecule has 0 aliphatic rings. The number of rotatable bonds is 7. The van der Waals surface area contributed by atoms with Crippen molar-refractivity contribution in [3.05, 3.63) is 65.2 Å². The number of thioether (sulfide) groups is 1. The number of nitrogens with one attached hydrogen (secondary N) is 2. The number of hydrogen-bond acceptors (Lipinski definition) is 4. The van der Waals surface area contributed by atoms with Crippen molar-refractivity contribution >= 4 is 39.7 Å². The molecule has 2 aromatic carbocycles. The molecule has 1 unspecified atom stereocenters. The normalized spacial score (nSPS) is 12.5. The Balaban J connectivity index is 1.54. The number of para-hydroxylation sites is 2. The average Bonchev–Trinajstić information content (AvgIpc) is 3.32. The van der Waals surface area contributed by atoms with Crippen molar-refractivity contribution in [3.8, 4) is 0 Å². The number of aryl methyl sites for hydroxylation is 2. The van der Waals surface area contributed by atoms with Crippen LogP contribution in [0.3, 0.4) is 0 Å². The number of benzene rings is 2. The lowest BCUT2D eigenvalue weighted by Crippen LogP contribution is -2.31. The van der Waals surface area contributed by atoms with Gasteiger partial charge in [-0.05, 0) is 55.5 Å². The smallest absolute Gasteiger partial charge is 0.225 e. The summed E-state index contributed by atoms with van der Waals surface area (Å²) in [5.41, 5.74) is 5.98. The van der Waals surface area contributed by atoms with Gasteiger partial charge >= 0.3 is 0 Å². The highest BCUT2D eigenvalue weighted by molar-refractivity contribution is 7.98. The monoisotopic (exact) mass is 407 g/mol. The molecule has 4 rings (SSSR count). The van der Waals surface area contributed by atoms with Gasteiger partial charge in [-0.25, -0.2) is 4.98 Å². The summed E-state index contributed by atoms with van der Waals surface area (Å²) in [6.07, 6.45) is 4.87. The fourth-order valence-electron chi connectivity index (χ4n) is 3.59. The van der Waals surface area contributed by atoms with E-state index in [0.29, 0.717) is 0 Å². The van der Waals surface area contributed by atoms with Crippen LogP contribution in [0.5, 0.6) is 0 Å². The highest BCUT2D eigenvalue weighted by Crippen LogP contribution is 2.27. The summed E-state index contributed by atoms with van der Waals surface area (Å²) < 4.78 is 5.75. The summed E-state index contributed by atoms with van der Waals surface area (Å²) in [6, 6.07) is 11.9. The molecule has 150 valence electrons. The molecule has 2 heterocycles. The van der Waals surface area contributed by atoms with Crippen LogP contribution in [0, 0.1) is 13.8 Å². The van der Waals surface area contributed by atoms with Crippen LogP contribution in [0.2, 0.25) is 0 Å². The van der Waals surface area contributed by atoms with Crippen molar-refractivity contribution in [3.63, 3.8) is 0 Å². The second-order valence-electron chi connectivity index (χ2n) is 7.36. The van der Waals surface area contributed by atoms with Gasteiger partial charge in [-0.1, -0.05) is 24.3 Å². The number of H-pyrrole nitrogens is 1. The van der Waals surface area contributed by atoms with Crippen LogP contribution < -0.4 is 5.32 Å². The topological polar surface area (TPSA) is 70.9 Å². The Kier molecular flexibility index (Phi) is 5.62. The fourth-order valence-corrected chi connectivity index (χ4v) is 4.07. The summed E-state index contributed by atoms with van der Waals surface area (Å²) in [5.74, 6) is 1.71. The maximum atomic E-state index is 12.9. The molecule has 0 fully saturated rings. The van der Waals surface area contributed by atoms with Gasteiger partial charge in [-0.15, -0.1) is 0 Å². The molecule has 0 aliphatic heterocycles. The number of carbonyl (C=O) groups excluding carboxylic acids is 1. The van der Waals surface area contributed by atoms with Gasteiger partial charge in [-0.3, -0.25) is 4.79 Å². The van der Waals surface area contributed by atoms with E-state index >= 15 is 0 Å². The average molecular weight is 408 g/mol. The van der Waals surface area contributed by atoms with Crippen molar-refractivity contribution in [2.75, 3.05) is 12.0 Å². The van der Waals surface area contributed by atoms with Crippen LogP contribution in [0.15, 0.2) is 47.1 Å². The van der Waals surface area contributed by atoms with E-state index in [1.165, 1.54) is 5.56 Å². The van der Waals surface area contributed by atoms with Crippen molar-refractivity contribution in [1.82, 2.24) is 15.3 Å². The number of aromatic amines is 1. The number of furan rings is 1. The second-order valence-corrected chi connectivity index (χ2v) is 8.35. The van der Waals surface area contributed by atoms with Gasteiger partial charge in [0.2, 0.25) is 5.91 Å². The fraction of sp³-hybridized carbons (Fsp3) is 0.304. The number of amides is 1. The van der Waals surface area contributed by atoms with Crippen LogP contribution in [-0.2, 0) is 11.2 Å². The Labute approximate surface area is 174 Å². The molecule has 0 spiro atoms. The largest absolute Gasteiger partial charge is 0.464 e. The molecule has 5 nitrogen and oxygen atoms in total. The van der Waals surface area contributed by atoms with Crippen LogP contribution in [0.4, 0.5) is 0 Å². The molecule has 4 aromatic rings. The second kappa shape index (κ2) is 8.33. The molecule has 0 saturated carbocycles. The number of imidazole rings is 1. The van der Waals surface area contributed by atoms with Crippen LogP contribution in [-0.4, -0.2) is 27.9 Å². The van der Waals surface area contributed by atoms with E-state index < -0.39 is 0 Å². The first-order chi connectivity index (χ1) is 14.1. The number of aromatic nitrogens is 2. The number of hydrogen-bond donors (Lipinski definition) is 2. The molecule has 0 aliphatic carbocycles. The predicted octanol–water partition coefficient (Wildman–Crippen LogP) is 5.08.